The summed E-state index contributed by atoms with van der Waals surface area (Å²) in [6, 6.07) is 21.1. The molecule has 0 bridgehead atoms. The van der Waals surface area contributed by atoms with E-state index in [0.29, 0.717) is 11.1 Å². The van der Waals surface area contributed by atoms with Gasteiger partial charge in [0, 0.05) is 32.2 Å². The molecule has 0 saturated carbocycles. The van der Waals surface area contributed by atoms with E-state index in [1.807, 2.05) is 18.2 Å². The van der Waals surface area contributed by atoms with Gasteiger partial charge in [0.2, 0.25) is 5.95 Å². The molecule has 3 heterocycles. The van der Waals surface area contributed by atoms with Gasteiger partial charge >= 0.3 is 0 Å². The predicted molar refractivity (Wildman–Crippen MR) is 143 cm³/mol. The Balaban J connectivity index is 1.37. The highest BCUT2D eigenvalue weighted by molar-refractivity contribution is 7.80. The molecule has 0 spiro atoms. The van der Waals surface area contributed by atoms with Crippen LogP contribution in [0.4, 0.5) is 17.6 Å². The fraction of sp³-hybridized carbons (Fsp3) is 0.370. The average Bonchev–Trinajstić information content (AvgIpc) is 3.10. The van der Waals surface area contributed by atoms with E-state index in [2.05, 4.69) is 69.8 Å². The molecule has 0 aliphatic carbocycles. The summed E-state index contributed by atoms with van der Waals surface area (Å²) in [4.78, 5) is 14.5. The van der Waals surface area contributed by atoms with Crippen molar-refractivity contribution in [3.05, 3.63) is 77.4 Å². The molecule has 2 aromatic carbocycles. The van der Waals surface area contributed by atoms with E-state index in [1.165, 1.54) is 42.4 Å². The molecule has 1 atom stereocenters. The van der Waals surface area contributed by atoms with Crippen LogP contribution < -0.4 is 20.4 Å². The van der Waals surface area contributed by atoms with E-state index < -0.39 is 0 Å². The molecule has 5 rings (SSSR count). The minimum atomic E-state index is 0.0857. The fourth-order valence-electron chi connectivity index (χ4n) is 4.76. The van der Waals surface area contributed by atoms with Crippen molar-refractivity contribution >= 4 is 34.9 Å². The van der Waals surface area contributed by atoms with Gasteiger partial charge in [-0.3, -0.25) is 0 Å². The third-order valence-electron chi connectivity index (χ3n) is 6.67. The van der Waals surface area contributed by atoms with Gasteiger partial charge in [0.05, 0.1) is 6.04 Å². The number of nitrogens with one attached hydrogen (secondary N) is 2. The Labute approximate surface area is 207 Å². The maximum atomic E-state index is 5.64. The van der Waals surface area contributed by atoms with Crippen LogP contribution in [0.3, 0.4) is 0 Å². The van der Waals surface area contributed by atoms with Crippen molar-refractivity contribution in [2.45, 2.75) is 51.7 Å². The van der Waals surface area contributed by atoms with E-state index in [9.17, 15) is 0 Å². The van der Waals surface area contributed by atoms with Gasteiger partial charge in [-0.25, -0.2) is 0 Å². The van der Waals surface area contributed by atoms with Crippen molar-refractivity contribution in [1.29, 1.82) is 0 Å². The second-order valence-electron chi connectivity index (χ2n) is 9.16. The molecule has 1 fully saturated rings. The summed E-state index contributed by atoms with van der Waals surface area (Å²) in [5, 5.41) is 7.17. The largest absolute Gasteiger partial charge is 0.356 e. The lowest BCUT2D eigenvalue weighted by atomic mass is 10.1. The molecule has 2 N–H and O–H groups in total. The summed E-state index contributed by atoms with van der Waals surface area (Å²) in [5.74, 6) is 2.46. The molecule has 176 valence electrons. The zero-order chi connectivity index (χ0) is 23.3. The monoisotopic (exact) mass is 472 g/mol. The van der Waals surface area contributed by atoms with Crippen LogP contribution in [0.15, 0.2) is 60.7 Å². The fourth-order valence-corrected chi connectivity index (χ4v) is 5.02. The second-order valence-corrected chi connectivity index (χ2v) is 9.57. The zero-order valence-corrected chi connectivity index (χ0v) is 20.5. The molecular formula is C27H32N6S. The lowest BCUT2D eigenvalue weighted by Crippen LogP contribution is -2.32. The van der Waals surface area contributed by atoms with Gasteiger partial charge in [0.25, 0.3) is 0 Å². The lowest BCUT2D eigenvalue weighted by Gasteiger charge is -2.25. The summed E-state index contributed by atoms with van der Waals surface area (Å²) in [6.07, 6.45) is 4.97. The molecule has 3 aromatic rings. The number of nitrogens with zero attached hydrogens (tertiary/aromatic N) is 4. The van der Waals surface area contributed by atoms with E-state index in [0.717, 1.165) is 37.8 Å². The zero-order valence-electron chi connectivity index (χ0n) is 19.7. The topological polar surface area (TPSA) is 56.3 Å². The standard InChI is InChI=1S/C27H32N6S/c1-20(21-11-5-4-6-12-21)28-27(34)31-26-29-24(32-15-9-2-3-10-16-32)17-25(30-26)33-18-22-13-7-8-14-23(22)19-33/h4-8,11-14,17,20H,2-3,9-10,15-16,18-19H2,1H3,(H2,28,29,30,31,34)/t20-/m1/s1. The summed E-state index contributed by atoms with van der Waals surface area (Å²) in [5.41, 5.74) is 3.91. The smallest absolute Gasteiger partial charge is 0.232 e. The lowest BCUT2D eigenvalue weighted by molar-refractivity contribution is 0.722. The Bertz CT molecular complexity index is 1100. The van der Waals surface area contributed by atoms with Gasteiger partial charge in [0.15, 0.2) is 5.11 Å². The third-order valence-corrected chi connectivity index (χ3v) is 6.89. The highest BCUT2D eigenvalue weighted by Gasteiger charge is 2.23. The molecule has 6 nitrogen and oxygen atoms in total. The maximum absolute atomic E-state index is 5.64. The van der Waals surface area contributed by atoms with Crippen molar-refractivity contribution in [2.75, 3.05) is 28.2 Å². The van der Waals surface area contributed by atoms with Crippen LogP contribution in [0.25, 0.3) is 0 Å². The van der Waals surface area contributed by atoms with Gasteiger partial charge in [0.1, 0.15) is 11.6 Å². The van der Waals surface area contributed by atoms with E-state index in [1.54, 1.807) is 0 Å². The molecule has 0 radical (unpaired) electrons. The van der Waals surface area contributed by atoms with Crippen LogP contribution in [-0.2, 0) is 13.1 Å². The van der Waals surface area contributed by atoms with Gasteiger partial charge in [-0.15, -0.1) is 0 Å². The van der Waals surface area contributed by atoms with Crippen molar-refractivity contribution in [3.8, 4) is 0 Å². The van der Waals surface area contributed by atoms with Gasteiger partial charge in [-0.05, 0) is 48.7 Å². The van der Waals surface area contributed by atoms with Crippen LogP contribution in [0, 0.1) is 0 Å². The molecule has 2 aliphatic rings. The van der Waals surface area contributed by atoms with Crippen LogP contribution >= 0.6 is 12.2 Å². The Hall–Kier alpha value is -3.19. The van der Waals surface area contributed by atoms with Crippen LogP contribution in [0.2, 0.25) is 0 Å². The molecule has 34 heavy (non-hydrogen) atoms. The minimum Gasteiger partial charge on any atom is -0.356 e. The van der Waals surface area contributed by atoms with Gasteiger partial charge in [-0.2, -0.15) is 9.97 Å². The molecule has 1 saturated heterocycles. The van der Waals surface area contributed by atoms with E-state index >= 15 is 0 Å². The van der Waals surface area contributed by atoms with Crippen molar-refractivity contribution in [1.82, 2.24) is 15.3 Å². The quantitative estimate of drug-likeness (QED) is 0.481. The number of hydrogen-bond donors (Lipinski definition) is 2. The van der Waals surface area contributed by atoms with Crippen LogP contribution in [-0.4, -0.2) is 28.2 Å². The predicted octanol–water partition coefficient (Wildman–Crippen LogP) is 5.42. The van der Waals surface area contributed by atoms with Crippen molar-refractivity contribution in [3.63, 3.8) is 0 Å². The molecule has 0 amide bonds. The third kappa shape index (κ3) is 5.30. The Morgan fingerprint density at radius 1 is 0.824 bits per heavy atom. The average molecular weight is 473 g/mol. The first-order valence-corrected chi connectivity index (χ1v) is 12.6. The maximum Gasteiger partial charge on any atom is 0.232 e. The Morgan fingerprint density at radius 3 is 2.06 bits per heavy atom. The van der Waals surface area contributed by atoms with E-state index in [4.69, 9.17) is 22.2 Å². The van der Waals surface area contributed by atoms with Crippen molar-refractivity contribution in [2.24, 2.45) is 0 Å². The summed E-state index contributed by atoms with van der Waals surface area (Å²) >= 11 is 5.64. The number of thiocarbonyl (C=S) groups is 1. The van der Waals surface area contributed by atoms with Crippen molar-refractivity contribution < 1.29 is 0 Å². The SMILES string of the molecule is C[C@@H](NC(=S)Nc1nc(N2CCCCCC2)cc(N2Cc3ccccc3C2)n1)c1ccccc1. The first-order valence-electron chi connectivity index (χ1n) is 12.2. The molecule has 0 unspecified atom stereocenters. The summed E-state index contributed by atoms with van der Waals surface area (Å²) < 4.78 is 0. The minimum absolute atomic E-state index is 0.0857. The summed E-state index contributed by atoms with van der Waals surface area (Å²) in [7, 11) is 0. The number of rotatable bonds is 5. The first kappa shape index (κ1) is 22.6. The highest BCUT2D eigenvalue weighted by Crippen LogP contribution is 2.30. The highest BCUT2D eigenvalue weighted by atomic mass is 32.1. The molecular weight excluding hydrogens is 440 g/mol. The molecule has 1 aromatic heterocycles. The number of benzene rings is 2. The van der Waals surface area contributed by atoms with Crippen LogP contribution in [0.5, 0.6) is 0 Å². The Kier molecular flexibility index (Phi) is 6.90. The number of fused-ring (bicyclic) bond motifs is 1. The second kappa shape index (κ2) is 10.4. The Morgan fingerprint density at radius 2 is 1.41 bits per heavy atom. The van der Waals surface area contributed by atoms with Crippen LogP contribution in [0.1, 0.15) is 55.3 Å². The summed E-state index contributed by atoms with van der Waals surface area (Å²) in [6.45, 7) is 5.89. The number of anilines is 3. The number of hydrogen-bond acceptors (Lipinski definition) is 5. The van der Waals surface area contributed by atoms with Gasteiger partial charge < -0.3 is 20.4 Å². The molecule has 2 aliphatic heterocycles. The number of aromatic nitrogens is 2. The molecule has 7 heteroatoms. The normalized spacial score (nSPS) is 16.5. The first-order chi connectivity index (χ1) is 16.7. The van der Waals surface area contributed by atoms with E-state index in [-0.39, 0.29) is 6.04 Å². The van der Waals surface area contributed by atoms with Gasteiger partial charge in [-0.1, -0.05) is 67.4 Å².